The van der Waals surface area contributed by atoms with Crippen molar-refractivity contribution in [2.75, 3.05) is 0 Å². The van der Waals surface area contributed by atoms with Gasteiger partial charge in [-0.3, -0.25) is 4.68 Å². The maximum absolute atomic E-state index is 12.2. The third-order valence-corrected chi connectivity index (χ3v) is 1.10. The van der Waals surface area contributed by atoms with Crippen LogP contribution in [0.4, 0.5) is 4.39 Å². The summed E-state index contributed by atoms with van der Waals surface area (Å²) in [7, 11) is 0. The minimum absolute atomic E-state index is 0.245. The first-order chi connectivity index (χ1) is 4.20. The third-order valence-electron chi connectivity index (χ3n) is 1.10. The molecule has 0 aliphatic heterocycles. The van der Waals surface area contributed by atoms with E-state index in [1.54, 1.807) is 10.9 Å². The van der Waals surface area contributed by atoms with Crippen LogP contribution >= 0.6 is 0 Å². The van der Waals surface area contributed by atoms with Crippen molar-refractivity contribution in [2.24, 2.45) is 0 Å². The second kappa shape index (κ2) is 2.17. The van der Waals surface area contributed by atoms with Crippen LogP contribution < -0.4 is 0 Å². The lowest BCUT2D eigenvalue weighted by molar-refractivity contribution is 0.481. The van der Waals surface area contributed by atoms with Gasteiger partial charge in [-0.15, -0.1) is 5.10 Å². The van der Waals surface area contributed by atoms with Crippen molar-refractivity contribution >= 4 is 0 Å². The Hall–Kier alpha value is -0.860. The molecule has 0 aromatic carbocycles. The van der Waals surface area contributed by atoms with Crippen LogP contribution in [-0.2, 0) is 0 Å². The average molecular weight is 128 g/mol. The topological polar surface area (TPSA) is 17.8 Å². The second-order valence-electron chi connectivity index (χ2n) is 2.21. The molecule has 9 heavy (non-hydrogen) atoms. The lowest BCUT2D eigenvalue weighted by Crippen LogP contribution is -2.00. The standard InChI is InChI=1S/C6H9FN2/c1-5(2)9-4-3-6(7)8-9/h3-5H,1-2H3. The summed E-state index contributed by atoms with van der Waals surface area (Å²) in [5.41, 5.74) is 0. The van der Waals surface area contributed by atoms with Crippen molar-refractivity contribution < 1.29 is 4.39 Å². The zero-order valence-corrected chi connectivity index (χ0v) is 5.50. The first kappa shape index (κ1) is 6.26. The van der Waals surface area contributed by atoms with Crippen LogP contribution in [-0.4, -0.2) is 9.78 Å². The van der Waals surface area contributed by atoms with Crippen molar-refractivity contribution in [3.05, 3.63) is 18.2 Å². The molecule has 0 N–H and O–H groups in total. The molecule has 1 heterocycles. The van der Waals surface area contributed by atoms with Gasteiger partial charge in [0.2, 0.25) is 5.95 Å². The fourth-order valence-electron chi connectivity index (χ4n) is 0.602. The zero-order chi connectivity index (χ0) is 6.85. The lowest BCUT2D eigenvalue weighted by atomic mass is 10.4. The Bertz CT molecular complexity index is 193. The Balaban J connectivity index is 2.85. The summed E-state index contributed by atoms with van der Waals surface area (Å²) in [5, 5.41) is 3.56. The summed E-state index contributed by atoms with van der Waals surface area (Å²) in [6.07, 6.45) is 1.62. The number of rotatable bonds is 1. The molecule has 0 bridgehead atoms. The summed E-state index contributed by atoms with van der Waals surface area (Å²) in [6.45, 7) is 3.90. The molecule has 3 heteroatoms. The summed E-state index contributed by atoms with van der Waals surface area (Å²) >= 11 is 0. The van der Waals surface area contributed by atoms with Gasteiger partial charge in [-0.05, 0) is 13.8 Å². The molecule has 0 amide bonds. The van der Waals surface area contributed by atoms with Gasteiger partial charge in [0.15, 0.2) is 0 Å². The smallest absolute Gasteiger partial charge is 0.232 e. The third kappa shape index (κ3) is 1.28. The molecule has 0 spiro atoms. The van der Waals surface area contributed by atoms with E-state index in [0.29, 0.717) is 0 Å². The molecule has 0 saturated carbocycles. The van der Waals surface area contributed by atoms with E-state index in [-0.39, 0.29) is 6.04 Å². The molecule has 0 aliphatic rings. The van der Waals surface area contributed by atoms with Gasteiger partial charge in [0, 0.05) is 18.3 Å². The van der Waals surface area contributed by atoms with Gasteiger partial charge in [0.05, 0.1) is 0 Å². The van der Waals surface area contributed by atoms with Crippen molar-refractivity contribution in [3.63, 3.8) is 0 Å². The van der Waals surface area contributed by atoms with Crippen LogP contribution in [0.25, 0.3) is 0 Å². The molecular weight excluding hydrogens is 119 g/mol. The van der Waals surface area contributed by atoms with Crippen LogP contribution in [0.3, 0.4) is 0 Å². The van der Waals surface area contributed by atoms with Gasteiger partial charge < -0.3 is 0 Å². The predicted octanol–water partition coefficient (Wildman–Crippen LogP) is 1.60. The van der Waals surface area contributed by atoms with Crippen LogP contribution in [0.5, 0.6) is 0 Å². The highest BCUT2D eigenvalue weighted by molar-refractivity contribution is 4.83. The first-order valence-corrected chi connectivity index (χ1v) is 2.91. The van der Waals surface area contributed by atoms with Crippen molar-refractivity contribution in [2.45, 2.75) is 19.9 Å². The predicted molar refractivity (Wildman–Crippen MR) is 32.6 cm³/mol. The molecule has 2 nitrogen and oxygen atoms in total. The van der Waals surface area contributed by atoms with Gasteiger partial charge >= 0.3 is 0 Å². The van der Waals surface area contributed by atoms with Gasteiger partial charge in [-0.1, -0.05) is 0 Å². The quantitative estimate of drug-likeness (QED) is 0.561. The Labute approximate surface area is 53.3 Å². The zero-order valence-electron chi connectivity index (χ0n) is 5.50. The van der Waals surface area contributed by atoms with Gasteiger partial charge in [-0.25, -0.2) is 0 Å². The van der Waals surface area contributed by atoms with E-state index >= 15 is 0 Å². The van der Waals surface area contributed by atoms with Crippen molar-refractivity contribution in [1.82, 2.24) is 9.78 Å². The van der Waals surface area contributed by atoms with Crippen LogP contribution in [0.15, 0.2) is 12.3 Å². The van der Waals surface area contributed by atoms with E-state index in [1.165, 1.54) is 6.07 Å². The monoisotopic (exact) mass is 128 g/mol. The van der Waals surface area contributed by atoms with Crippen LogP contribution in [0.2, 0.25) is 0 Å². The fourth-order valence-corrected chi connectivity index (χ4v) is 0.602. The molecule has 1 aromatic rings. The maximum Gasteiger partial charge on any atom is 0.232 e. The largest absolute Gasteiger partial charge is 0.267 e. The van der Waals surface area contributed by atoms with E-state index in [4.69, 9.17) is 0 Å². The Morgan fingerprint density at radius 2 is 2.33 bits per heavy atom. The minimum Gasteiger partial charge on any atom is -0.267 e. The summed E-state index contributed by atoms with van der Waals surface area (Å²) in [4.78, 5) is 0. The SMILES string of the molecule is CC(C)n1ccc(F)n1. The number of aromatic nitrogens is 2. The molecule has 0 fully saturated rings. The normalized spacial score (nSPS) is 10.7. The highest BCUT2D eigenvalue weighted by Crippen LogP contribution is 2.01. The van der Waals surface area contributed by atoms with Gasteiger partial charge in [0.25, 0.3) is 0 Å². The first-order valence-electron chi connectivity index (χ1n) is 2.91. The lowest BCUT2D eigenvalue weighted by Gasteiger charge is -2.01. The Morgan fingerprint density at radius 1 is 1.67 bits per heavy atom. The van der Waals surface area contributed by atoms with Crippen molar-refractivity contribution in [1.29, 1.82) is 0 Å². The molecule has 0 aliphatic carbocycles. The van der Waals surface area contributed by atoms with Crippen LogP contribution in [0.1, 0.15) is 19.9 Å². The molecule has 0 saturated heterocycles. The summed E-state index contributed by atoms with van der Waals surface area (Å²) in [5.74, 6) is -0.413. The average Bonchev–Trinajstić information content (AvgIpc) is 2.14. The van der Waals surface area contributed by atoms with E-state index in [9.17, 15) is 4.39 Å². The van der Waals surface area contributed by atoms with Crippen molar-refractivity contribution in [3.8, 4) is 0 Å². The summed E-state index contributed by atoms with van der Waals surface area (Å²) in [6, 6.07) is 1.59. The molecule has 0 unspecified atom stereocenters. The highest BCUT2D eigenvalue weighted by Gasteiger charge is 1.98. The summed E-state index contributed by atoms with van der Waals surface area (Å²) < 4.78 is 13.7. The van der Waals surface area contributed by atoms with Crippen LogP contribution in [0, 0.1) is 5.95 Å². The molecule has 1 rings (SSSR count). The maximum atomic E-state index is 12.2. The molecule has 50 valence electrons. The van der Waals surface area contributed by atoms with E-state index in [0.717, 1.165) is 0 Å². The fraction of sp³-hybridized carbons (Fsp3) is 0.500. The van der Waals surface area contributed by atoms with E-state index in [1.807, 2.05) is 13.8 Å². The minimum atomic E-state index is -0.413. The van der Waals surface area contributed by atoms with Gasteiger partial charge in [0.1, 0.15) is 0 Å². The number of hydrogen-bond donors (Lipinski definition) is 0. The Morgan fingerprint density at radius 3 is 2.56 bits per heavy atom. The second-order valence-corrected chi connectivity index (χ2v) is 2.21. The number of hydrogen-bond acceptors (Lipinski definition) is 1. The molecule has 0 radical (unpaired) electrons. The van der Waals surface area contributed by atoms with Gasteiger partial charge in [-0.2, -0.15) is 4.39 Å². The molecule has 0 atom stereocenters. The number of nitrogens with zero attached hydrogens (tertiary/aromatic N) is 2. The van der Waals surface area contributed by atoms with E-state index < -0.39 is 5.95 Å². The number of halogens is 1. The molecule has 1 aromatic heterocycles. The van der Waals surface area contributed by atoms with E-state index in [2.05, 4.69) is 5.10 Å². The highest BCUT2D eigenvalue weighted by atomic mass is 19.1. The molecular formula is C6H9FN2. The Kier molecular flexibility index (Phi) is 1.51.